The highest BCUT2D eigenvalue weighted by Gasteiger charge is 2.26. The average Bonchev–Trinajstić information content (AvgIpc) is 2.93. The third kappa shape index (κ3) is 11.1. The SMILES string of the molecule is Cl.Cl.Cl.N=C(N)c1cccc(/C=C/CN(c2ccc(OC3CCN(Cc4cccnc4)CC3)c(Cl)c2)S(=O)(=O)CC(=O)O)c1. The number of carboxylic acid groups (broad SMARTS) is 1. The van der Waals surface area contributed by atoms with Crippen LogP contribution in [-0.2, 0) is 21.4 Å². The average molecular weight is 708 g/mol. The Morgan fingerprint density at radius 1 is 1.14 bits per heavy atom. The predicted octanol–water partition coefficient (Wildman–Crippen LogP) is 5.26. The Balaban J connectivity index is 0.00000323. The highest BCUT2D eigenvalue weighted by molar-refractivity contribution is 7.93. The molecule has 1 saturated heterocycles. The lowest BCUT2D eigenvalue weighted by atomic mass is 10.1. The summed E-state index contributed by atoms with van der Waals surface area (Å²) in [4.78, 5) is 17.8. The van der Waals surface area contributed by atoms with Crippen molar-refractivity contribution in [3.63, 3.8) is 0 Å². The number of nitrogens with one attached hydrogen (secondary N) is 1. The van der Waals surface area contributed by atoms with Crippen LogP contribution in [0.4, 0.5) is 5.69 Å². The normalized spacial score (nSPS) is 13.7. The summed E-state index contributed by atoms with van der Waals surface area (Å²) in [6, 6.07) is 15.5. The predicted molar refractivity (Wildman–Crippen MR) is 182 cm³/mol. The van der Waals surface area contributed by atoms with E-state index in [0.29, 0.717) is 16.9 Å². The van der Waals surface area contributed by atoms with E-state index >= 15 is 0 Å². The van der Waals surface area contributed by atoms with Gasteiger partial charge in [-0.15, -0.1) is 37.2 Å². The number of aromatic nitrogens is 1. The number of nitrogen functional groups attached to an aromatic ring is 1. The molecule has 0 atom stereocenters. The molecule has 2 aromatic carbocycles. The molecule has 0 bridgehead atoms. The standard InChI is InChI=1S/C29H32ClN5O5S.3ClH/c30-26-17-24(8-9-27(26)40-25-10-14-34(15-11-25)19-22-5-2-12-33-18-22)35(41(38,39)20-28(36)37)13-3-6-21-4-1-7-23(16-21)29(31)32;;;/h1-9,12,16-18,25H,10-11,13-15,19-20H2,(H3,31,32)(H,36,37);3*1H/b6-3+;;;. The zero-order valence-corrected chi connectivity index (χ0v) is 27.6. The van der Waals surface area contributed by atoms with E-state index < -0.39 is 21.7 Å². The Labute approximate surface area is 281 Å². The second kappa shape index (κ2) is 18.0. The number of hydrogen-bond acceptors (Lipinski definition) is 7. The van der Waals surface area contributed by atoms with E-state index in [1.165, 1.54) is 6.07 Å². The molecule has 240 valence electrons. The molecule has 10 nitrogen and oxygen atoms in total. The lowest BCUT2D eigenvalue weighted by Gasteiger charge is -2.32. The quantitative estimate of drug-likeness (QED) is 0.171. The highest BCUT2D eigenvalue weighted by Crippen LogP contribution is 2.33. The van der Waals surface area contributed by atoms with Crippen LogP contribution in [0.25, 0.3) is 6.08 Å². The minimum Gasteiger partial charge on any atom is -0.489 e. The number of sulfonamides is 1. The van der Waals surface area contributed by atoms with Crippen molar-refractivity contribution in [3.05, 3.63) is 94.8 Å². The van der Waals surface area contributed by atoms with Gasteiger partial charge in [-0.3, -0.25) is 24.4 Å². The largest absolute Gasteiger partial charge is 0.489 e. The van der Waals surface area contributed by atoms with Gasteiger partial charge in [0.2, 0.25) is 10.0 Å². The molecule has 0 spiro atoms. The van der Waals surface area contributed by atoms with Crippen LogP contribution in [0.2, 0.25) is 5.02 Å². The fourth-order valence-electron chi connectivity index (χ4n) is 4.56. The van der Waals surface area contributed by atoms with E-state index in [2.05, 4.69) is 16.0 Å². The number of amidine groups is 1. The number of nitrogens with two attached hydrogens (primary N) is 1. The summed E-state index contributed by atoms with van der Waals surface area (Å²) in [6.07, 6.45) is 8.48. The molecule has 1 fully saturated rings. The molecule has 0 radical (unpaired) electrons. The highest BCUT2D eigenvalue weighted by atomic mass is 35.5. The van der Waals surface area contributed by atoms with Gasteiger partial charge >= 0.3 is 5.97 Å². The Bertz CT molecular complexity index is 1520. The summed E-state index contributed by atoms with van der Waals surface area (Å²) in [5, 5.41) is 17.0. The maximum atomic E-state index is 13.0. The van der Waals surface area contributed by atoms with Gasteiger partial charge in [0.1, 0.15) is 17.7 Å². The van der Waals surface area contributed by atoms with Crippen molar-refractivity contribution >= 4 is 82.4 Å². The molecule has 0 unspecified atom stereocenters. The minimum absolute atomic E-state index is 0. The number of pyridine rings is 1. The molecule has 3 aromatic rings. The van der Waals surface area contributed by atoms with Gasteiger partial charge in [-0.05, 0) is 54.3 Å². The molecule has 4 N–H and O–H groups in total. The Morgan fingerprint density at radius 3 is 2.48 bits per heavy atom. The monoisotopic (exact) mass is 705 g/mol. The lowest BCUT2D eigenvalue weighted by molar-refractivity contribution is -0.134. The van der Waals surface area contributed by atoms with Crippen molar-refractivity contribution < 1.29 is 23.1 Å². The maximum Gasteiger partial charge on any atom is 0.320 e. The summed E-state index contributed by atoms with van der Waals surface area (Å²) < 4.78 is 33.1. The Kier molecular flexibility index (Phi) is 16.0. The number of piperidine rings is 1. The molecule has 15 heteroatoms. The zero-order chi connectivity index (χ0) is 29.4. The van der Waals surface area contributed by atoms with Crippen LogP contribution in [0.5, 0.6) is 5.75 Å². The third-order valence-electron chi connectivity index (χ3n) is 6.58. The second-order valence-electron chi connectivity index (χ2n) is 9.69. The molecule has 44 heavy (non-hydrogen) atoms. The summed E-state index contributed by atoms with van der Waals surface area (Å²) >= 11 is 6.53. The minimum atomic E-state index is -4.22. The number of carboxylic acids is 1. The number of anilines is 1. The third-order valence-corrected chi connectivity index (χ3v) is 8.52. The van der Waals surface area contributed by atoms with Gasteiger partial charge in [-0.1, -0.05) is 48.0 Å². The number of hydrogen-bond donors (Lipinski definition) is 3. The number of ether oxygens (including phenoxy) is 1. The number of halogens is 4. The molecular formula is C29H35Cl4N5O5S. The molecule has 2 heterocycles. The van der Waals surface area contributed by atoms with E-state index in [9.17, 15) is 18.3 Å². The molecule has 0 aliphatic carbocycles. The fourth-order valence-corrected chi connectivity index (χ4v) is 6.00. The summed E-state index contributed by atoms with van der Waals surface area (Å²) in [5.41, 5.74) is 8.17. The van der Waals surface area contributed by atoms with Crippen LogP contribution < -0.4 is 14.8 Å². The number of rotatable bonds is 12. The van der Waals surface area contributed by atoms with Crippen molar-refractivity contribution in [2.75, 3.05) is 29.7 Å². The second-order valence-corrected chi connectivity index (χ2v) is 12.0. The first-order chi connectivity index (χ1) is 19.6. The first kappa shape index (κ1) is 39.0. The first-order valence-corrected chi connectivity index (χ1v) is 15.0. The molecule has 4 rings (SSSR count). The number of nitrogens with zero attached hydrogens (tertiary/aromatic N) is 3. The fraction of sp³-hybridized carbons (Fsp3) is 0.276. The van der Waals surface area contributed by atoms with Gasteiger partial charge in [0.05, 0.1) is 17.3 Å². The van der Waals surface area contributed by atoms with Gasteiger partial charge in [0, 0.05) is 37.6 Å². The number of benzene rings is 2. The van der Waals surface area contributed by atoms with Gasteiger partial charge in [0.25, 0.3) is 0 Å². The van der Waals surface area contributed by atoms with E-state index in [0.717, 1.165) is 42.3 Å². The number of aliphatic carboxylic acids is 1. The van der Waals surface area contributed by atoms with Gasteiger partial charge < -0.3 is 15.6 Å². The number of likely N-dealkylation sites (tertiary alicyclic amines) is 1. The van der Waals surface area contributed by atoms with Crippen molar-refractivity contribution in [3.8, 4) is 5.75 Å². The van der Waals surface area contributed by atoms with Crippen LogP contribution in [0, 0.1) is 5.41 Å². The van der Waals surface area contributed by atoms with Crippen molar-refractivity contribution in [2.45, 2.75) is 25.5 Å². The molecule has 0 amide bonds. The molecule has 0 saturated carbocycles. The van der Waals surface area contributed by atoms with Crippen molar-refractivity contribution in [2.24, 2.45) is 5.73 Å². The van der Waals surface area contributed by atoms with Crippen molar-refractivity contribution in [1.82, 2.24) is 9.88 Å². The van der Waals surface area contributed by atoms with Crippen LogP contribution in [-0.4, -0.2) is 66.7 Å². The van der Waals surface area contributed by atoms with Crippen LogP contribution in [0.1, 0.15) is 29.5 Å². The molecule has 1 aromatic heterocycles. The number of carbonyl (C=O) groups is 1. The molecule has 1 aliphatic rings. The van der Waals surface area contributed by atoms with Gasteiger partial charge in [-0.25, -0.2) is 8.42 Å². The van der Waals surface area contributed by atoms with Gasteiger partial charge in [-0.2, -0.15) is 0 Å². The first-order valence-electron chi connectivity index (χ1n) is 13.0. The van der Waals surface area contributed by atoms with E-state index in [4.69, 9.17) is 27.5 Å². The van der Waals surface area contributed by atoms with Crippen LogP contribution in [0.3, 0.4) is 0 Å². The van der Waals surface area contributed by atoms with Gasteiger partial charge in [0.15, 0.2) is 5.75 Å². The summed E-state index contributed by atoms with van der Waals surface area (Å²) in [7, 11) is -4.22. The van der Waals surface area contributed by atoms with Crippen LogP contribution >= 0.6 is 48.8 Å². The van der Waals surface area contributed by atoms with Crippen molar-refractivity contribution in [1.29, 1.82) is 5.41 Å². The topological polar surface area (TPSA) is 150 Å². The molecule has 1 aliphatic heterocycles. The van der Waals surface area contributed by atoms with Crippen LogP contribution in [0.15, 0.2) is 73.1 Å². The maximum absolute atomic E-state index is 13.0. The molecular weight excluding hydrogens is 672 g/mol. The van der Waals surface area contributed by atoms with E-state index in [-0.39, 0.29) is 66.4 Å². The Hall–Kier alpha value is -3.06. The van der Waals surface area contributed by atoms with E-state index in [1.54, 1.807) is 54.7 Å². The summed E-state index contributed by atoms with van der Waals surface area (Å²) in [6.45, 7) is 2.41. The Morgan fingerprint density at radius 2 is 1.86 bits per heavy atom. The van der Waals surface area contributed by atoms with E-state index in [1.807, 2.05) is 12.3 Å². The smallest absolute Gasteiger partial charge is 0.320 e. The summed E-state index contributed by atoms with van der Waals surface area (Å²) in [5.74, 6) is -2.19. The lowest BCUT2D eigenvalue weighted by Crippen LogP contribution is -2.38. The zero-order valence-electron chi connectivity index (χ0n) is 23.5.